The molecule has 0 atom stereocenters. The van der Waals surface area contributed by atoms with Gasteiger partial charge in [-0.3, -0.25) is 14.2 Å². The molecule has 0 spiro atoms. The minimum atomic E-state index is -0.407. The molecule has 0 radical (unpaired) electrons. The van der Waals surface area contributed by atoms with Crippen LogP contribution in [0.15, 0.2) is 10.9 Å². The summed E-state index contributed by atoms with van der Waals surface area (Å²) in [5, 5.41) is 0. The summed E-state index contributed by atoms with van der Waals surface area (Å²) < 4.78 is 10.8. The molecule has 0 aliphatic rings. The molecule has 0 bridgehead atoms. The van der Waals surface area contributed by atoms with E-state index in [2.05, 4.69) is 4.98 Å². The fourth-order valence-electron chi connectivity index (χ4n) is 1.14. The first kappa shape index (κ1) is 12.0. The molecule has 1 rings (SSSR count). The molecule has 7 heteroatoms. The first-order valence-corrected chi connectivity index (χ1v) is 4.59. The number of hydrogen-bond acceptors (Lipinski definition) is 6. The van der Waals surface area contributed by atoms with Gasteiger partial charge in [0, 0.05) is 13.0 Å². The maximum atomic E-state index is 11.5. The maximum Gasteiger partial charge on any atom is 0.302 e. The van der Waals surface area contributed by atoms with Crippen LogP contribution in [-0.2, 0) is 16.1 Å². The number of rotatable bonds is 4. The minimum absolute atomic E-state index is 0.0806. The second kappa shape index (κ2) is 5.15. The molecular weight excluding hydrogens is 214 g/mol. The van der Waals surface area contributed by atoms with E-state index in [0.717, 1.165) is 0 Å². The zero-order valence-electron chi connectivity index (χ0n) is 9.10. The van der Waals surface area contributed by atoms with Gasteiger partial charge in [0.25, 0.3) is 5.56 Å². The molecule has 7 nitrogen and oxygen atoms in total. The number of aromatic nitrogens is 2. The lowest BCUT2D eigenvalue weighted by Gasteiger charge is -2.10. The fraction of sp³-hybridized carbons (Fsp3) is 0.444. The van der Waals surface area contributed by atoms with E-state index in [1.165, 1.54) is 24.7 Å². The van der Waals surface area contributed by atoms with Gasteiger partial charge in [0.2, 0.25) is 0 Å². The molecule has 88 valence electrons. The lowest BCUT2D eigenvalue weighted by atomic mass is 10.5. The van der Waals surface area contributed by atoms with Crippen molar-refractivity contribution in [1.29, 1.82) is 0 Å². The van der Waals surface area contributed by atoms with Gasteiger partial charge in [0.15, 0.2) is 0 Å². The SMILES string of the molecule is COc1nc(N)cc(=O)n1CCOC(C)=O. The summed E-state index contributed by atoms with van der Waals surface area (Å²) in [6.45, 7) is 1.55. The van der Waals surface area contributed by atoms with Crippen LogP contribution in [-0.4, -0.2) is 29.2 Å². The molecule has 0 aliphatic carbocycles. The number of carbonyl (C=O) groups is 1. The quantitative estimate of drug-likeness (QED) is 0.690. The number of hydrogen-bond donors (Lipinski definition) is 1. The third-order valence-corrected chi connectivity index (χ3v) is 1.80. The van der Waals surface area contributed by atoms with Crippen LogP contribution in [0.3, 0.4) is 0 Å². The van der Waals surface area contributed by atoms with E-state index in [0.29, 0.717) is 0 Å². The summed E-state index contributed by atoms with van der Waals surface area (Å²) in [5.74, 6) is -0.319. The average molecular weight is 227 g/mol. The third-order valence-electron chi connectivity index (χ3n) is 1.80. The highest BCUT2D eigenvalue weighted by Gasteiger charge is 2.07. The summed E-state index contributed by atoms with van der Waals surface area (Å²) in [7, 11) is 1.38. The molecule has 0 aromatic carbocycles. The van der Waals surface area contributed by atoms with Crippen molar-refractivity contribution in [2.45, 2.75) is 13.5 Å². The molecule has 0 aliphatic heterocycles. The van der Waals surface area contributed by atoms with Gasteiger partial charge < -0.3 is 15.2 Å². The normalized spacial score (nSPS) is 9.88. The number of esters is 1. The number of nitrogen functional groups attached to an aromatic ring is 1. The number of methoxy groups -OCH3 is 1. The van der Waals surface area contributed by atoms with Crippen molar-refractivity contribution >= 4 is 11.8 Å². The highest BCUT2D eigenvalue weighted by Crippen LogP contribution is 2.05. The van der Waals surface area contributed by atoms with E-state index in [9.17, 15) is 9.59 Å². The van der Waals surface area contributed by atoms with Gasteiger partial charge in [-0.05, 0) is 0 Å². The Kier molecular flexibility index (Phi) is 3.87. The van der Waals surface area contributed by atoms with Crippen LogP contribution in [0.4, 0.5) is 5.82 Å². The van der Waals surface area contributed by atoms with Crippen LogP contribution in [0.1, 0.15) is 6.92 Å². The summed E-state index contributed by atoms with van der Waals surface area (Å²) in [5.41, 5.74) is 5.04. The Hall–Kier alpha value is -2.05. The summed E-state index contributed by atoms with van der Waals surface area (Å²) >= 11 is 0. The summed E-state index contributed by atoms with van der Waals surface area (Å²) in [6, 6.07) is 1.27. The monoisotopic (exact) mass is 227 g/mol. The van der Waals surface area contributed by atoms with Gasteiger partial charge in [-0.2, -0.15) is 4.98 Å². The zero-order chi connectivity index (χ0) is 12.1. The highest BCUT2D eigenvalue weighted by atomic mass is 16.5. The predicted octanol–water partition coefficient (Wildman–Crippen LogP) is -0.603. The molecule has 1 aromatic heterocycles. The van der Waals surface area contributed by atoms with E-state index >= 15 is 0 Å². The second-order valence-corrected chi connectivity index (χ2v) is 3.00. The number of ether oxygens (including phenoxy) is 2. The van der Waals surface area contributed by atoms with Crippen LogP contribution in [0.2, 0.25) is 0 Å². The molecule has 0 saturated heterocycles. The molecule has 0 saturated carbocycles. The van der Waals surface area contributed by atoms with E-state index < -0.39 is 5.97 Å². The van der Waals surface area contributed by atoms with Crippen molar-refractivity contribution in [1.82, 2.24) is 9.55 Å². The predicted molar refractivity (Wildman–Crippen MR) is 56.1 cm³/mol. The van der Waals surface area contributed by atoms with Gasteiger partial charge in [0.05, 0.1) is 13.7 Å². The van der Waals surface area contributed by atoms with Crippen molar-refractivity contribution < 1.29 is 14.3 Å². The van der Waals surface area contributed by atoms with Crippen LogP contribution in [0.5, 0.6) is 6.01 Å². The number of anilines is 1. The number of nitrogens with two attached hydrogens (primary N) is 1. The lowest BCUT2D eigenvalue weighted by molar-refractivity contribution is -0.141. The molecule has 1 heterocycles. The number of carbonyl (C=O) groups excluding carboxylic acids is 1. The molecular formula is C9H13N3O4. The van der Waals surface area contributed by atoms with E-state index in [4.69, 9.17) is 15.2 Å². The fourth-order valence-corrected chi connectivity index (χ4v) is 1.14. The highest BCUT2D eigenvalue weighted by molar-refractivity contribution is 5.65. The van der Waals surface area contributed by atoms with Gasteiger partial charge >= 0.3 is 12.0 Å². The smallest absolute Gasteiger partial charge is 0.302 e. The Morgan fingerprint density at radius 3 is 2.88 bits per heavy atom. The lowest BCUT2D eigenvalue weighted by Crippen LogP contribution is -2.25. The van der Waals surface area contributed by atoms with Gasteiger partial charge in [-0.25, -0.2) is 0 Å². The van der Waals surface area contributed by atoms with Crippen LogP contribution >= 0.6 is 0 Å². The Labute approximate surface area is 91.8 Å². The van der Waals surface area contributed by atoms with Crippen molar-refractivity contribution in [3.63, 3.8) is 0 Å². The van der Waals surface area contributed by atoms with Crippen molar-refractivity contribution in [2.75, 3.05) is 19.5 Å². The third kappa shape index (κ3) is 2.97. The van der Waals surface area contributed by atoms with Crippen molar-refractivity contribution in [3.8, 4) is 6.01 Å². The Morgan fingerprint density at radius 2 is 2.31 bits per heavy atom. The summed E-state index contributed by atoms with van der Waals surface area (Å²) in [4.78, 5) is 25.9. The molecule has 16 heavy (non-hydrogen) atoms. The average Bonchev–Trinajstić information content (AvgIpc) is 2.20. The molecule has 0 unspecified atom stereocenters. The molecule has 0 fully saturated rings. The van der Waals surface area contributed by atoms with Crippen LogP contribution < -0.4 is 16.0 Å². The first-order chi connectivity index (χ1) is 7.54. The number of nitrogens with zero attached hydrogens (tertiary/aromatic N) is 2. The standard InChI is InChI=1S/C9H13N3O4/c1-6(13)16-4-3-12-8(14)5-7(10)11-9(12)15-2/h5H,3-4,10H2,1-2H3. The molecule has 1 aromatic rings. The van der Waals surface area contributed by atoms with E-state index in [1.807, 2.05) is 0 Å². The van der Waals surface area contributed by atoms with Gasteiger partial charge in [-0.1, -0.05) is 0 Å². The first-order valence-electron chi connectivity index (χ1n) is 4.59. The topological polar surface area (TPSA) is 96.4 Å². The second-order valence-electron chi connectivity index (χ2n) is 3.00. The molecule has 2 N–H and O–H groups in total. The Morgan fingerprint density at radius 1 is 1.62 bits per heavy atom. The van der Waals surface area contributed by atoms with Crippen LogP contribution in [0.25, 0.3) is 0 Å². The maximum absolute atomic E-state index is 11.5. The largest absolute Gasteiger partial charge is 0.468 e. The van der Waals surface area contributed by atoms with Crippen molar-refractivity contribution in [2.24, 2.45) is 0 Å². The Bertz CT molecular complexity index is 441. The minimum Gasteiger partial charge on any atom is -0.468 e. The van der Waals surface area contributed by atoms with Crippen LogP contribution in [0, 0.1) is 0 Å². The zero-order valence-corrected chi connectivity index (χ0v) is 9.10. The van der Waals surface area contributed by atoms with Gasteiger partial charge in [-0.15, -0.1) is 0 Å². The van der Waals surface area contributed by atoms with Gasteiger partial charge in [0.1, 0.15) is 12.4 Å². The molecule has 0 amide bonds. The summed E-state index contributed by atoms with van der Waals surface area (Å²) in [6.07, 6.45) is 0. The van der Waals surface area contributed by atoms with E-state index in [-0.39, 0.29) is 30.5 Å². The van der Waals surface area contributed by atoms with E-state index in [1.54, 1.807) is 0 Å². The Balaban J connectivity index is 2.86. The van der Waals surface area contributed by atoms with Crippen molar-refractivity contribution in [3.05, 3.63) is 16.4 Å².